The molecule has 0 aliphatic carbocycles. The highest BCUT2D eigenvalue weighted by molar-refractivity contribution is 6.42. The van der Waals surface area contributed by atoms with Gasteiger partial charge in [0, 0.05) is 0 Å². The Morgan fingerprint density at radius 2 is 1.87 bits per heavy atom. The number of methoxy groups -OCH3 is 1. The molecule has 118 valence electrons. The lowest BCUT2D eigenvalue weighted by Gasteiger charge is -2.31. The molecule has 0 saturated carbocycles. The highest BCUT2D eigenvalue weighted by atomic mass is 35.5. The second kappa shape index (κ2) is 6.22. The average molecular weight is 351 g/mol. The van der Waals surface area contributed by atoms with Gasteiger partial charge in [-0.05, 0) is 29.8 Å². The van der Waals surface area contributed by atoms with Gasteiger partial charge in [-0.25, -0.2) is 0 Å². The lowest BCUT2D eigenvalue weighted by molar-refractivity contribution is -0.146. The van der Waals surface area contributed by atoms with Gasteiger partial charge in [0.15, 0.2) is 11.7 Å². The van der Waals surface area contributed by atoms with Crippen LogP contribution in [0, 0.1) is 5.92 Å². The van der Waals surface area contributed by atoms with Crippen LogP contribution in [0.15, 0.2) is 42.5 Å². The van der Waals surface area contributed by atoms with Gasteiger partial charge in [-0.1, -0.05) is 41.4 Å². The number of para-hydroxylation sites is 1. The van der Waals surface area contributed by atoms with E-state index in [1.807, 2.05) is 0 Å². The van der Waals surface area contributed by atoms with Crippen molar-refractivity contribution < 1.29 is 19.1 Å². The van der Waals surface area contributed by atoms with E-state index < -0.39 is 18.0 Å². The van der Waals surface area contributed by atoms with Gasteiger partial charge < -0.3 is 9.47 Å². The molecule has 0 bridgehead atoms. The third-order valence-corrected chi connectivity index (χ3v) is 4.46. The zero-order valence-electron chi connectivity index (χ0n) is 12.1. The first kappa shape index (κ1) is 15.8. The van der Waals surface area contributed by atoms with Gasteiger partial charge in [0.25, 0.3) is 0 Å². The highest BCUT2D eigenvalue weighted by Crippen LogP contribution is 2.40. The molecule has 6 heteroatoms. The lowest BCUT2D eigenvalue weighted by Crippen LogP contribution is -2.37. The molecule has 1 aliphatic heterocycles. The maximum Gasteiger partial charge on any atom is 0.320 e. The molecule has 1 heterocycles. The van der Waals surface area contributed by atoms with Crippen LogP contribution >= 0.6 is 23.2 Å². The fraction of sp³-hybridized carbons (Fsp3) is 0.176. The Labute approximate surface area is 142 Å². The molecular formula is C17H12Cl2O4. The van der Waals surface area contributed by atoms with Crippen LogP contribution in [0.5, 0.6) is 5.75 Å². The van der Waals surface area contributed by atoms with Gasteiger partial charge in [-0.2, -0.15) is 0 Å². The number of carbonyl (C=O) groups excluding carboxylic acids is 2. The summed E-state index contributed by atoms with van der Waals surface area (Å²) in [5.74, 6) is -1.66. The Morgan fingerprint density at radius 1 is 1.13 bits per heavy atom. The van der Waals surface area contributed by atoms with Gasteiger partial charge >= 0.3 is 5.97 Å². The quantitative estimate of drug-likeness (QED) is 0.604. The monoisotopic (exact) mass is 350 g/mol. The molecule has 2 atom stereocenters. The molecule has 2 aromatic rings. The molecule has 0 fully saturated rings. The summed E-state index contributed by atoms with van der Waals surface area (Å²) in [5.41, 5.74) is 0.942. The number of Topliss-reactive ketones (excluding diaryl/α,β-unsaturated/α-hetero) is 1. The largest absolute Gasteiger partial charge is 0.484 e. The summed E-state index contributed by atoms with van der Waals surface area (Å²) in [6.45, 7) is 0. The molecule has 0 saturated heterocycles. The number of rotatable bonds is 2. The Bertz CT molecular complexity index is 788. The molecule has 0 N–H and O–H groups in total. The molecule has 0 spiro atoms. The molecule has 1 aliphatic rings. The summed E-state index contributed by atoms with van der Waals surface area (Å²) in [6.07, 6.45) is -0.820. The predicted octanol–water partition coefficient (Wildman–Crippen LogP) is 4.10. The molecule has 2 aromatic carbocycles. The SMILES string of the molecule is COC(=O)C1C(=O)c2ccccc2OC1c1ccc(Cl)c(Cl)c1. The van der Waals surface area contributed by atoms with E-state index in [-0.39, 0.29) is 5.78 Å². The van der Waals surface area contributed by atoms with Crippen molar-refractivity contribution in [3.63, 3.8) is 0 Å². The van der Waals surface area contributed by atoms with Crippen LogP contribution in [-0.2, 0) is 9.53 Å². The first-order valence-corrected chi connectivity index (χ1v) is 7.61. The number of ketones is 1. The van der Waals surface area contributed by atoms with Crippen LogP contribution in [0.3, 0.4) is 0 Å². The van der Waals surface area contributed by atoms with Crippen molar-refractivity contribution >= 4 is 35.0 Å². The van der Waals surface area contributed by atoms with Crippen LogP contribution < -0.4 is 4.74 Å². The van der Waals surface area contributed by atoms with Crippen molar-refractivity contribution in [2.45, 2.75) is 6.10 Å². The van der Waals surface area contributed by atoms with Gasteiger partial charge in [0.1, 0.15) is 11.9 Å². The molecule has 2 unspecified atom stereocenters. The second-order valence-electron chi connectivity index (χ2n) is 5.07. The number of halogens is 2. The smallest absolute Gasteiger partial charge is 0.320 e. The second-order valence-corrected chi connectivity index (χ2v) is 5.89. The summed E-state index contributed by atoms with van der Waals surface area (Å²) in [7, 11) is 1.24. The first-order chi connectivity index (χ1) is 11.0. The molecule has 0 amide bonds. The van der Waals surface area contributed by atoms with Crippen LogP contribution in [-0.4, -0.2) is 18.9 Å². The first-order valence-electron chi connectivity index (χ1n) is 6.85. The number of hydrogen-bond acceptors (Lipinski definition) is 4. The predicted molar refractivity (Wildman–Crippen MR) is 86.1 cm³/mol. The Balaban J connectivity index is 2.11. The third kappa shape index (κ3) is 2.80. The summed E-state index contributed by atoms with van der Waals surface area (Å²) in [5, 5.41) is 0.704. The zero-order chi connectivity index (χ0) is 16.6. The number of fused-ring (bicyclic) bond motifs is 1. The van der Waals surface area contributed by atoms with Gasteiger partial charge in [-0.3, -0.25) is 9.59 Å². The number of ether oxygens (including phenoxy) is 2. The summed E-state index contributed by atoms with van der Waals surface area (Å²) >= 11 is 12.0. The van der Waals surface area contributed by atoms with E-state index in [4.69, 9.17) is 32.7 Å². The average Bonchev–Trinajstić information content (AvgIpc) is 2.56. The van der Waals surface area contributed by atoms with Crippen LogP contribution in [0.4, 0.5) is 0 Å². The van der Waals surface area contributed by atoms with Crippen molar-refractivity contribution in [2.24, 2.45) is 5.92 Å². The number of hydrogen-bond donors (Lipinski definition) is 0. The van der Waals surface area contributed by atoms with Crippen molar-refractivity contribution in [1.82, 2.24) is 0 Å². The Hall–Kier alpha value is -2.04. The van der Waals surface area contributed by atoms with Gasteiger partial charge in [-0.15, -0.1) is 0 Å². The van der Waals surface area contributed by atoms with Crippen molar-refractivity contribution in [1.29, 1.82) is 0 Å². The van der Waals surface area contributed by atoms with Crippen molar-refractivity contribution in [3.05, 3.63) is 63.6 Å². The van der Waals surface area contributed by atoms with Crippen LogP contribution in [0.2, 0.25) is 10.0 Å². The zero-order valence-corrected chi connectivity index (χ0v) is 13.6. The fourth-order valence-corrected chi connectivity index (χ4v) is 2.90. The van der Waals surface area contributed by atoms with E-state index in [0.717, 1.165) is 0 Å². The van der Waals surface area contributed by atoms with E-state index >= 15 is 0 Å². The molecule has 0 aromatic heterocycles. The van der Waals surface area contributed by atoms with Crippen molar-refractivity contribution in [3.8, 4) is 5.75 Å². The van der Waals surface area contributed by atoms with E-state index in [1.165, 1.54) is 7.11 Å². The minimum absolute atomic E-state index is 0.322. The van der Waals surface area contributed by atoms with E-state index in [0.29, 0.717) is 26.9 Å². The maximum absolute atomic E-state index is 12.7. The summed E-state index contributed by atoms with van der Waals surface area (Å²) in [4.78, 5) is 24.9. The molecule has 0 radical (unpaired) electrons. The number of benzene rings is 2. The minimum Gasteiger partial charge on any atom is -0.484 e. The maximum atomic E-state index is 12.7. The van der Waals surface area contributed by atoms with Crippen LogP contribution in [0.25, 0.3) is 0 Å². The van der Waals surface area contributed by atoms with E-state index in [9.17, 15) is 9.59 Å². The van der Waals surface area contributed by atoms with Crippen molar-refractivity contribution in [2.75, 3.05) is 7.11 Å². The highest BCUT2D eigenvalue weighted by Gasteiger charge is 2.43. The number of esters is 1. The summed E-state index contributed by atoms with van der Waals surface area (Å²) < 4.78 is 10.7. The standard InChI is InChI=1S/C17H12Cl2O4/c1-22-17(21)14-15(20)10-4-2-3-5-13(10)23-16(14)9-6-7-11(18)12(19)8-9/h2-8,14,16H,1H3. The topological polar surface area (TPSA) is 52.6 Å². The third-order valence-electron chi connectivity index (χ3n) is 3.72. The molecular weight excluding hydrogens is 339 g/mol. The van der Waals surface area contributed by atoms with Crippen LogP contribution in [0.1, 0.15) is 22.0 Å². The lowest BCUT2D eigenvalue weighted by atomic mass is 9.85. The Kier molecular flexibility index (Phi) is 4.28. The summed E-state index contributed by atoms with van der Waals surface area (Å²) in [6, 6.07) is 11.7. The molecule has 4 nitrogen and oxygen atoms in total. The van der Waals surface area contributed by atoms with Gasteiger partial charge in [0.05, 0.1) is 22.7 Å². The van der Waals surface area contributed by atoms with E-state index in [1.54, 1.807) is 42.5 Å². The molecule has 23 heavy (non-hydrogen) atoms. The normalized spacial score (nSPS) is 19.7. The van der Waals surface area contributed by atoms with Gasteiger partial charge in [0.2, 0.25) is 0 Å². The Morgan fingerprint density at radius 3 is 2.57 bits per heavy atom. The fourth-order valence-electron chi connectivity index (χ4n) is 2.59. The minimum atomic E-state index is -1.09. The molecule has 3 rings (SSSR count). The van der Waals surface area contributed by atoms with E-state index in [2.05, 4.69) is 0 Å². The number of carbonyl (C=O) groups is 2.